The van der Waals surface area contributed by atoms with Crippen LogP contribution in [0.2, 0.25) is 0 Å². The van der Waals surface area contributed by atoms with Crippen molar-refractivity contribution >= 4 is 21.7 Å². The monoisotopic (exact) mass is 320 g/mol. The van der Waals surface area contributed by atoms with Crippen molar-refractivity contribution < 1.29 is 4.74 Å². The van der Waals surface area contributed by atoms with Crippen LogP contribution in [0.15, 0.2) is 41.0 Å². The highest BCUT2D eigenvalue weighted by Crippen LogP contribution is 2.23. The summed E-state index contributed by atoms with van der Waals surface area (Å²) in [6.45, 7) is 2.87. The van der Waals surface area contributed by atoms with Gasteiger partial charge in [-0.2, -0.15) is 0 Å². The van der Waals surface area contributed by atoms with E-state index in [4.69, 9.17) is 4.74 Å². The lowest BCUT2D eigenvalue weighted by Crippen LogP contribution is -2.08. The van der Waals surface area contributed by atoms with Gasteiger partial charge in [0.2, 0.25) is 0 Å². The van der Waals surface area contributed by atoms with Gasteiger partial charge in [-0.15, -0.1) is 0 Å². The van der Waals surface area contributed by atoms with Crippen LogP contribution in [0.4, 0.5) is 5.82 Å². The van der Waals surface area contributed by atoms with Crippen LogP contribution in [-0.2, 0) is 6.42 Å². The number of halogens is 1. The van der Waals surface area contributed by atoms with Crippen LogP contribution in [0.1, 0.15) is 11.1 Å². The molecule has 0 fully saturated rings. The maximum Gasteiger partial charge on any atom is 0.140 e. The van der Waals surface area contributed by atoms with Crippen molar-refractivity contribution in [1.82, 2.24) is 4.98 Å². The molecule has 4 heteroatoms. The van der Waals surface area contributed by atoms with Crippen LogP contribution >= 0.6 is 15.9 Å². The minimum atomic E-state index is 0.815. The number of hydrogen-bond acceptors (Lipinski definition) is 3. The van der Waals surface area contributed by atoms with Gasteiger partial charge in [-0.05, 0) is 52.5 Å². The summed E-state index contributed by atoms with van der Waals surface area (Å²) in [5.41, 5.74) is 2.37. The van der Waals surface area contributed by atoms with Crippen molar-refractivity contribution in [1.29, 1.82) is 0 Å². The van der Waals surface area contributed by atoms with Crippen LogP contribution in [0.3, 0.4) is 0 Å². The minimum absolute atomic E-state index is 0.815. The van der Waals surface area contributed by atoms with Crippen LogP contribution in [0, 0.1) is 6.92 Å². The molecule has 100 valence electrons. The van der Waals surface area contributed by atoms with E-state index in [0.29, 0.717) is 0 Å². The summed E-state index contributed by atoms with van der Waals surface area (Å²) in [6.07, 6.45) is 2.71. The number of aryl methyl sites for hydroxylation is 1. The first-order chi connectivity index (χ1) is 9.22. The molecule has 0 aliphatic heterocycles. The van der Waals surface area contributed by atoms with Crippen molar-refractivity contribution in [3.05, 3.63) is 52.1 Å². The van der Waals surface area contributed by atoms with E-state index in [1.807, 2.05) is 30.5 Å². The summed E-state index contributed by atoms with van der Waals surface area (Å²) in [6, 6.07) is 10.1. The highest BCUT2D eigenvalue weighted by molar-refractivity contribution is 9.10. The molecule has 0 saturated heterocycles. The van der Waals surface area contributed by atoms with Crippen LogP contribution in [0.5, 0.6) is 5.75 Å². The number of hydrogen-bond donors (Lipinski definition) is 1. The van der Waals surface area contributed by atoms with E-state index in [0.717, 1.165) is 29.0 Å². The Morgan fingerprint density at radius 3 is 2.84 bits per heavy atom. The number of benzene rings is 1. The van der Waals surface area contributed by atoms with Gasteiger partial charge in [-0.25, -0.2) is 4.98 Å². The van der Waals surface area contributed by atoms with Crippen LogP contribution in [0.25, 0.3) is 0 Å². The van der Waals surface area contributed by atoms with Gasteiger partial charge in [0.15, 0.2) is 0 Å². The molecule has 0 atom stereocenters. The lowest BCUT2D eigenvalue weighted by atomic mass is 10.1. The van der Waals surface area contributed by atoms with Crippen molar-refractivity contribution in [3.8, 4) is 5.75 Å². The van der Waals surface area contributed by atoms with Crippen molar-refractivity contribution in [3.63, 3.8) is 0 Å². The maximum absolute atomic E-state index is 5.34. The van der Waals surface area contributed by atoms with Crippen molar-refractivity contribution in [2.24, 2.45) is 0 Å². The Bertz CT molecular complexity index is 558. The van der Waals surface area contributed by atoms with E-state index in [-0.39, 0.29) is 0 Å². The summed E-state index contributed by atoms with van der Waals surface area (Å²) >= 11 is 3.55. The Morgan fingerprint density at radius 2 is 2.05 bits per heavy atom. The quantitative estimate of drug-likeness (QED) is 0.909. The number of para-hydroxylation sites is 1. The molecule has 2 aromatic rings. The number of nitrogens with one attached hydrogen (secondary N) is 1. The second kappa shape index (κ2) is 6.57. The normalized spacial score (nSPS) is 10.3. The third-order valence-electron chi connectivity index (χ3n) is 2.96. The van der Waals surface area contributed by atoms with E-state index in [1.165, 1.54) is 11.1 Å². The Hall–Kier alpha value is -1.55. The van der Waals surface area contributed by atoms with Crippen LogP contribution in [-0.4, -0.2) is 18.6 Å². The Kier molecular flexibility index (Phi) is 4.80. The fourth-order valence-electron chi connectivity index (χ4n) is 1.89. The fraction of sp³-hybridized carbons (Fsp3) is 0.267. The Labute approximate surface area is 122 Å². The number of pyridine rings is 1. The number of nitrogens with zero attached hydrogens (tertiary/aromatic N) is 1. The summed E-state index contributed by atoms with van der Waals surface area (Å²) in [5.74, 6) is 1.82. The molecule has 0 spiro atoms. The zero-order valence-corrected chi connectivity index (χ0v) is 12.7. The molecule has 0 aliphatic carbocycles. The molecule has 0 bridgehead atoms. The number of aromatic nitrogens is 1. The van der Waals surface area contributed by atoms with Gasteiger partial charge in [0.05, 0.1) is 11.6 Å². The topological polar surface area (TPSA) is 34.1 Å². The van der Waals surface area contributed by atoms with Crippen molar-refractivity contribution in [2.75, 3.05) is 19.0 Å². The first kappa shape index (κ1) is 13.9. The molecule has 0 unspecified atom stereocenters. The average Bonchev–Trinajstić information content (AvgIpc) is 2.44. The molecular weight excluding hydrogens is 304 g/mol. The van der Waals surface area contributed by atoms with E-state index in [2.05, 4.69) is 39.2 Å². The zero-order valence-electron chi connectivity index (χ0n) is 11.1. The first-order valence-corrected chi connectivity index (χ1v) is 6.98. The smallest absolute Gasteiger partial charge is 0.140 e. The zero-order chi connectivity index (χ0) is 13.7. The predicted molar refractivity (Wildman–Crippen MR) is 81.9 cm³/mol. The highest BCUT2D eigenvalue weighted by atomic mass is 79.9. The molecule has 0 radical (unpaired) electrons. The summed E-state index contributed by atoms with van der Waals surface area (Å²) in [4.78, 5) is 4.32. The fourth-order valence-corrected chi connectivity index (χ4v) is 2.26. The molecule has 0 aliphatic rings. The third-order valence-corrected chi connectivity index (χ3v) is 3.96. The molecule has 0 saturated carbocycles. The molecule has 1 aromatic heterocycles. The largest absolute Gasteiger partial charge is 0.496 e. The molecule has 1 N–H and O–H groups in total. The molecule has 2 rings (SSSR count). The van der Waals surface area contributed by atoms with Gasteiger partial charge >= 0.3 is 0 Å². The van der Waals surface area contributed by atoms with Gasteiger partial charge in [0.25, 0.3) is 0 Å². The standard InChI is InChI=1S/C15H17BrN2O/c1-11-7-9-17-15(14(11)16)18-10-8-12-5-3-4-6-13(12)19-2/h3-7,9H,8,10H2,1-2H3,(H,17,18). The Balaban J connectivity index is 1.98. The SMILES string of the molecule is COc1ccccc1CCNc1nccc(C)c1Br. The molecule has 0 amide bonds. The minimum Gasteiger partial charge on any atom is -0.496 e. The van der Waals surface area contributed by atoms with Crippen LogP contribution < -0.4 is 10.1 Å². The molecule has 1 aromatic carbocycles. The van der Waals surface area contributed by atoms with Crippen molar-refractivity contribution in [2.45, 2.75) is 13.3 Å². The lowest BCUT2D eigenvalue weighted by molar-refractivity contribution is 0.410. The Morgan fingerprint density at radius 1 is 1.26 bits per heavy atom. The average molecular weight is 321 g/mol. The molecule has 19 heavy (non-hydrogen) atoms. The summed E-state index contributed by atoms with van der Waals surface area (Å²) in [5, 5.41) is 3.34. The van der Waals surface area contributed by atoms with Gasteiger partial charge in [-0.1, -0.05) is 18.2 Å². The van der Waals surface area contributed by atoms with E-state index in [9.17, 15) is 0 Å². The van der Waals surface area contributed by atoms with E-state index >= 15 is 0 Å². The maximum atomic E-state index is 5.34. The second-order valence-corrected chi connectivity index (χ2v) is 5.07. The summed E-state index contributed by atoms with van der Waals surface area (Å²) < 4.78 is 6.36. The summed E-state index contributed by atoms with van der Waals surface area (Å²) in [7, 11) is 1.70. The molecule has 1 heterocycles. The number of methoxy groups -OCH3 is 1. The lowest BCUT2D eigenvalue weighted by Gasteiger charge is -2.11. The number of ether oxygens (including phenoxy) is 1. The first-order valence-electron chi connectivity index (χ1n) is 6.19. The number of rotatable bonds is 5. The molecular formula is C15H17BrN2O. The molecule has 3 nitrogen and oxygen atoms in total. The second-order valence-electron chi connectivity index (χ2n) is 4.28. The van der Waals surface area contributed by atoms with Gasteiger partial charge in [0.1, 0.15) is 11.6 Å². The third kappa shape index (κ3) is 3.47. The number of anilines is 1. The van der Waals surface area contributed by atoms with Gasteiger partial charge in [0, 0.05) is 12.7 Å². The van der Waals surface area contributed by atoms with Gasteiger partial charge in [-0.3, -0.25) is 0 Å². The highest BCUT2D eigenvalue weighted by Gasteiger charge is 2.04. The van der Waals surface area contributed by atoms with E-state index in [1.54, 1.807) is 7.11 Å². The van der Waals surface area contributed by atoms with Gasteiger partial charge < -0.3 is 10.1 Å². The van der Waals surface area contributed by atoms with E-state index < -0.39 is 0 Å². The predicted octanol–water partition coefficient (Wildman–Crippen LogP) is 3.82.